The summed E-state index contributed by atoms with van der Waals surface area (Å²) in [5.74, 6) is 0. The van der Waals surface area contributed by atoms with Crippen molar-refractivity contribution >= 4 is 48.8 Å². The van der Waals surface area contributed by atoms with Crippen molar-refractivity contribution in [3.63, 3.8) is 0 Å². The fourth-order valence-electron chi connectivity index (χ4n) is 6.05. The molecule has 2 aliphatic carbocycles. The molecule has 5 aromatic carbocycles. The summed E-state index contributed by atoms with van der Waals surface area (Å²) in [5, 5.41) is 11.2. The molecular weight excluding hydrogens is 398 g/mol. The number of fused-ring (bicyclic) bond motifs is 4. The second-order valence-corrected chi connectivity index (χ2v) is 9.61. The van der Waals surface area contributed by atoms with Crippen LogP contribution in [0.15, 0.2) is 102 Å². The van der Waals surface area contributed by atoms with Crippen LogP contribution in [0.25, 0.3) is 43.1 Å². The molecule has 1 aliphatic heterocycles. The van der Waals surface area contributed by atoms with Crippen LogP contribution < -0.4 is 4.90 Å². The number of benzene rings is 5. The SMILES string of the molecule is C1=CC2=CC=C1C2.c1cc2cccc3c4c(N5CCCCC5)ccc5cccc(c(c1)c23)c54. The molecule has 2 bridgehead atoms. The quantitative estimate of drug-likeness (QED) is 0.192. The van der Waals surface area contributed by atoms with Crippen LogP contribution in [0.1, 0.15) is 25.7 Å². The number of anilines is 1. The van der Waals surface area contributed by atoms with Gasteiger partial charge in [-0.2, -0.15) is 0 Å². The second-order valence-electron chi connectivity index (χ2n) is 9.61. The normalized spacial score (nSPS) is 17.2. The zero-order valence-electron chi connectivity index (χ0n) is 18.9. The van der Waals surface area contributed by atoms with Crippen molar-refractivity contribution in [1.82, 2.24) is 0 Å². The van der Waals surface area contributed by atoms with Gasteiger partial charge in [-0.05, 0) is 80.6 Å². The number of nitrogens with zero attached hydrogens (tertiary/aromatic N) is 1. The summed E-state index contributed by atoms with van der Waals surface area (Å²) in [5.41, 5.74) is 4.36. The van der Waals surface area contributed by atoms with E-state index in [1.165, 1.54) is 98.7 Å². The summed E-state index contributed by atoms with van der Waals surface area (Å²) in [7, 11) is 0. The van der Waals surface area contributed by atoms with Gasteiger partial charge >= 0.3 is 0 Å². The van der Waals surface area contributed by atoms with E-state index in [1.54, 1.807) is 0 Å². The number of hydrogen-bond donors (Lipinski definition) is 0. The summed E-state index contributed by atoms with van der Waals surface area (Å²) in [4.78, 5) is 2.61. The van der Waals surface area contributed by atoms with Crippen molar-refractivity contribution in [3.8, 4) is 0 Å². The van der Waals surface area contributed by atoms with Crippen LogP contribution in [0.2, 0.25) is 0 Å². The van der Waals surface area contributed by atoms with E-state index in [-0.39, 0.29) is 0 Å². The summed E-state index contributed by atoms with van der Waals surface area (Å²) >= 11 is 0. The van der Waals surface area contributed by atoms with E-state index in [4.69, 9.17) is 0 Å². The van der Waals surface area contributed by atoms with Crippen molar-refractivity contribution in [3.05, 3.63) is 102 Å². The molecule has 1 heteroatoms. The lowest BCUT2D eigenvalue weighted by molar-refractivity contribution is 0.579. The highest BCUT2D eigenvalue weighted by Gasteiger charge is 2.19. The standard InChI is InChI=1S/C25H21N.C7H6/c1-2-15-26(16-3-1)22-14-13-18-9-5-11-20-19-10-4-7-17-8-6-12-21(23(17)19)25(22)24(18)20;1-2-7-4-3-6(1)5-7/h4-14H,1-3,15-16H2;1-4H,5H2. The molecule has 1 heterocycles. The Morgan fingerprint density at radius 2 is 1.12 bits per heavy atom. The summed E-state index contributed by atoms with van der Waals surface area (Å²) < 4.78 is 0. The number of piperidine rings is 1. The summed E-state index contributed by atoms with van der Waals surface area (Å²) in [6, 6.07) is 25.0. The largest absolute Gasteiger partial charge is 0.371 e. The lowest BCUT2D eigenvalue weighted by Gasteiger charge is -2.31. The van der Waals surface area contributed by atoms with E-state index in [2.05, 4.69) is 95.9 Å². The molecular formula is C32H27N. The van der Waals surface area contributed by atoms with E-state index in [0.29, 0.717) is 0 Å². The van der Waals surface area contributed by atoms with Gasteiger partial charge in [-0.1, -0.05) is 85.0 Å². The smallest absolute Gasteiger partial charge is 0.0452 e. The van der Waals surface area contributed by atoms with Gasteiger partial charge in [0.15, 0.2) is 0 Å². The Morgan fingerprint density at radius 3 is 1.73 bits per heavy atom. The first-order valence-corrected chi connectivity index (χ1v) is 12.3. The fourth-order valence-corrected chi connectivity index (χ4v) is 6.05. The second kappa shape index (κ2) is 7.49. The Labute approximate surface area is 194 Å². The van der Waals surface area contributed by atoms with E-state index in [1.807, 2.05) is 0 Å². The van der Waals surface area contributed by atoms with Gasteiger partial charge in [0.25, 0.3) is 0 Å². The van der Waals surface area contributed by atoms with Crippen molar-refractivity contribution in [2.75, 3.05) is 18.0 Å². The van der Waals surface area contributed by atoms with Crippen LogP contribution >= 0.6 is 0 Å². The van der Waals surface area contributed by atoms with Gasteiger partial charge in [0.1, 0.15) is 0 Å². The third-order valence-electron chi connectivity index (χ3n) is 7.62. The van der Waals surface area contributed by atoms with Crippen LogP contribution in [0, 0.1) is 0 Å². The Morgan fingerprint density at radius 1 is 0.515 bits per heavy atom. The maximum absolute atomic E-state index is 2.61. The fraction of sp³-hybridized carbons (Fsp3) is 0.188. The van der Waals surface area contributed by atoms with Gasteiger partial charge in [0, 0.05) is 24.2 Å². The first-order chi connectivity index (χ1) is 16.4. The third-order valence-corrected chi connectivity index (χ3v) is 7.62. The molecule has 0 amide bonds. The molecule has 1 fully saturated rings. The Kier molecular flexibility index (Phi) is 4.30. The molecule has 0 aromatic heterocycles. The van der Waals surface area contributed by atoms with Gasteiger partial charge in [0.2, 0.25) is 0 Å². The average Bonchev–Trinajstić information content (AvgIpc) is 3.54. The minimum Gasteiger partial charge on any atom is -0.371 e. The van der Waals surface area contributed by atoms with Crippen molar-refractivity contribution in [2.24, 2.45) is 0 Å². The predicted octanol–water partition coefficient (Wildman–Crippen LogP) is 8.54. The molecule has 1 saturated heterocycles. The summed E-state index contributed by atoms with van der Waals surface area (Å²) in [6.07, 6.45) is 13.9. The lowest BCUT2D eigenvalue weighted by Crippen LogP contribution is -2.29. The van der Waals surface area contributed by atoms with E-state index in [9.17, 15) is 0 Å². The predicted molar refractivity (Wildman–Crippen MR) is 144 cm³/mol. The van der Waals surface area contributed by atoms with E-state index >= 15 is 0 Å². The lowest BCUT2D eigenvalue weighted by atomic mass is 9.88. The Balaban J connectivity index is 0.000000231. The first kappa shape index (κ1) is 18.9. The molecule has 0 N–H and O–H groups in total. The highest BCUT2D eigenvalue weighted by molar-refractivity contribution is 6.35. The molecule has 0 radical (unpaired) electrons. The molecule has 3 aliphatic rings. The zero-order valence-corrected chi connectivity index (χ0v) is 18.9. The molecule has 0 spiro atoms. The average molecular weight is 426 g/mol. The van der Waals surface area contributed by atoms with Crippen LogP contribution in [0.4, 0.5) is 5.69 Å². The van der Waals surface area contributed by atoms with Gasteiger partial charge in [0.05, 0.1) is 0 Å². The maximum atomic E-state index is 2.61. The minimum absolute atomic E-state index is 1.18. The van der Waals surface area contributed by atoms with Crippen molar-refractivity contribution in [2.45, 2.75) is 25.7 Å². The van der Waals surface area contributed by atoms with E-state index in [0.717, 1.165) is 0 Å². The molecule has 0 unspecified atom stereocenters. The van der Waals surface area contributed by atoms with Crippen LogP contribution in [-0.2, 0) is 0 Å². The third kappa shape index (κ3) is 2.99. The number of rotatable bonds is 1. The number of allylic oxidation sites excluding steroid dienone is 6. The van der Waals surface area contributed by atoms with Gasteiger partial charge in [-0.3, -0.25) is 0 Å². The van der Waals surface area contributed by atoms with Crippen LogP contribution in [0.5, 0.6) is 0 Å². The van der Waals surface area contributed by atoms with Crippen molar-refractivity contribution in [1.29, 1.82) is 0 Å². The number of hydrogen-bond acceptors (Lipinski definition) is 1. The topological polar surface area (TPSA) is 3.24 Å². The molecule has 160 valence electrons. The minimum atomic E-state index is 1.18. The summed E-state index contributed by atoms with van der Waals surface area (Å²) in [6.45, 7) is 2.36. The highest BCUT2D eigenvalue weighted by atomic mass is 15.1. The maximum Gasteiger partial charge on any atom is 0.0452 e. The molecule has 0 atom stereocenters. The molecule has 33 heavy (non-hydrogen) atoms. The van der Waals surface area contributed by atoms with Gasteiger partial charge < -0.3 is 4.90 Å². The molecule has 8 rings (SSSR count). The van der Waals surface area contributed by atoms with Crippen LogP contribution in [0.3, 0.4) is 0 Å². The van der Waals surface area contributed by atoms with Gasteiger partial charge in [-0.25, -0.2) is 0 Å². The Hall–Kier alpha value is -3.58. The van der Waals surface area contributed by atoms with Crippen LogP contribution in [-0.4, -0.2) is 13.1 Å². The van der Waals surface area contributed by atoms with Gasteiger partial charge in [-0.15, -0.1) is 0 Å². The zero-order chi connectivity index (χ0) is 21.8. The monoisotopic (exact) mass is 425 g/mol. The first-order valence-electron chi connectivity index (χ1n) is 12.3. The highest BCUT2D eigenvalue weighted by Crippen LogP contribution is 2.44. The van der Waals surface area contributed by atoms with Crippen molar-refractivity contribution < 1.29 is 0 Å². The van der Waals surface area contributed by atoms with E-state index < -0.39 is 0 Å². The Bertz CT molecular complexity index is 1580. The molecule has 5 aromatic rings. The molecule has 0 saturated carbocycles. The molecule has 1 nitrogen and oxygen atoms in total.